The number of nitrogens with one attached hydrogen (secondary N) is 1. The van der Waals surface area contributed by atoms with Crippen molar-refractivity contribution in [2.45, 2.75) is 40.2 Å². The number of thiazole rings is 1. The first-order valence-electron chi connectivity index (χ1n) is 6.57. The summed E-state index contributed by atoms with van der Waals surface area (Å²) in [4.78, 5) is 18.0. The van der Waals surface area contributed by atoms with Crippen LogP contribution < -0.4 is 5.32 Å². The number of halogens is 1. The molecule has 2 aromatic heterocycles. The van der Waals surface area contributed by atoms with Crippen LogP contribution in [-0.2, 0) is 6.42 Å². The van der Waals surface area contributed by atoms with E-state index in [0.29, 0.717) is 10.8 Å². The third kappa shape index (κ3) is 3.12. The van der Waals surface area contributed by atoms with E-state index >= 15 is 0 Å². The Balaban J connectivity index is 2.23. The first kappa shape index (κ1) is 15.3. The minimum atomic E-state index is -0.124. The van der Waals surface area contributed by atoms with Crippen LogP contribution >= 0.6 is 27.3 Å². The van der Waals surface area contributed by atoms with E-state index in [1.807, 2.05) is 37.6 Å². The van der Waals surface area contributed by atoms with Crippen LogP contribution in [0.2, 0.25) is 0 Å². The number of rotatable bonds is 4. The van der Waals surface area contributed by atoms with E-state index in [1.165, 1.54) is 11.3 Å². The molecule has 4 nitrogen and oxygen atoms in total. The summed E-state index contributed by atoms with van der Waals surface area (Å²) in [6.07, 6.45) is 2.80. The Morgan fingerprint density at radius 2 is 2.25 bits per heavy atom. The van der Waals surface area contributed by atoms with E-state index in [1.54, 1.807) is 0 Å². The van der Waals surface area contributed by atoms with E-state index in [0.717, 1.165) is 21.5 Å². The van der Waals surface area contributed by atoms with Crippen LogP contribution in [0.4, 0.5) is 5.13 Å². The van der Waals surface area contributed by atoms with E-state index < -0.39 is 0 Å². The van der Waals surface area contributed by atoms with Crippen molar-refractivity contribution in [1.29, 1.82) is 0 Å². The van der Waals surface area contributed by atoms with Crippen molar-refractivity contribution in [2.75, 3.05) is 5.32 Å². The van der Waals surface area contributed by atoms with Gasteiger partial charge in [0.05, 0.1) is 5.69 Å². The van der Waals surface area contributed by atoms with Crippen molar-refractivity contribution in [3.8, 4) is 0 Å². The molecule has 0 atom stereocenters. The quantitative estimate of drug-likeness (QED) is 0.882. The van der Waals surface area contributed by atoms with Gasteiger partial charge in [0.1, 0.15) is 5.69 Å². The van der Waals surface area contributed by atoms with Crippen molar-refractivity contribution in [1.82, 2.24) is 9.55 Å². The largest absolute Gasteiger partial charge is 0.340 e. The SMILES string of the molecule is CCc1nc(NC(=O)c2cc(Br)cn2C(C)C)sc1C. The fourth-order valence-electron chi connectivity index (χ4n) is 2.03. The molecule has 0 saturated heterocycles. The van der Waals surface area contributed by atoms with Crippen molar-refractivity contribution < 1.29 is 4.79 Å². The van der Waals surface area contributed by atoms with E-state index in [-0.39, 0.29) is 11.9 Å². The standard InChI is InChI=1S/C14H18BrN3OS/c1-5-11-9(4)20-14(16-11)17-13(19)12-6-10(15)7-18(12)8(2)3/h6-8H,5H2,1-4H3,(H,16,17,19). The molecule has 0 saturated carbocycles. The number of hydrogen-bond donors (Lipinski definition) is 1. The Morgan fingerprint density at radius 3 is 2.80 bits per heavy atom. The zero-order valence-electron chi connectivity index (χ0n) is 12.0. The second-order valence-electron chi connectivity index (χ2n) is 4.87. The molecule has 0 aliphatic carbocycles. The molecule has 0 fully saturated rings. The molecule has 20 heavy (non-hydrogen) atoms. The summed E-state index contributed by atoms with van der Waals surface area (Å²) in [5, 5.41) is 3.55. The zero-order valence-corrected chi connectivity index (χ0v) is 14.4. The summed E-state index contributed by atoms with van der Waals surface area (Å²) >= 11 is 4.94. The second-order valence-corrected chi connectivity index (χ2v) is 6.99. The lowest BCUT2D eigenvalue weighted by Crippen LogP contribution is -2.17. The van der Waals surface area contributed by atoms with Crippen LogP contribution in [0.3, 0.4) is 0 Å². The lowest BCUT2D eigenvalue weighted by Gasteiger charge is -2.11. The number of carbonyl (C=O) groups is 1. The van der Waals surface area contributed by atoms with Crippen LogP contribution in [0.5, 0.6) is 0 Å². The predicted octanol–water partition coefficient (Wildman–Crippen LogP) is 4.41. The Bertz CT molecular complexity index is 630. The van der Waals surface area contributed by atoms with Gasteiger partial charge in [-0.3, -0.25) is 10.1 Å². The van der Waals surface area contributed by atoms with Crippen molar-refractivity contribution in [3.63, 3.8) is 0 Å². The number of anilines is 1. The highest BCUT2D eigenvalue weighted by Crippen LogP contribution is 2.24. The molecular weight excluding hydrogens is 338 g/mol. The molecule has 0 aromatic carbocycles. The molecule has 2 heterocycles. The van der Waals surface area contributed by atoms with Gasteiger partial charge in [-0.1, -0.05) is 6.92 Å². The highest BCUT2D eigenvalue weighted by atomic mass is 79.9. The van der Waals surface area contributed by atoms with Gasteiger partial charge >= 0.3 is 0 Å². The van der Waals surface area contributed by atoms with Gasteiger partial charge in [0, 0.05) is 21.6 Å². The third-order valence-corrected chi connectivity index (χ3v) is 4.41. The molecule has 108 valence electrons. The molecule has 0 radical (unpaired) electrons. The fourth-order valence-corrected chi connectivity index (χ4v) is 3.36. The Kier molecular flexibility index (Phi) is 4.65. The Morgan fingerprint density at radius 1 is 1.55 bits per heavy atom. The first-order chi connectivity index (χ1) is 9.42. The second kappa shape index (κ2) is 6.10. The van der Waals surface area contributed by atoms with Gasteiger partial charge in [0.2, 0.25) is 0 Å². The maximum absolute atomic E-state index is 12.4. The fraction of sp³-hybridized carbons (Fsp3) is 0.429. The van der Waals surface area contributed by atoms with Crippen LogP contribution in [0.25, 0.3) is 0 Å². The summed E-state index contributed by atoms with van der Waals surface area (Å²) in [5.74, 6) is -0.124. The molecule has 1 amide bonds. The molecule has 1 N–H and O–H groups in total. The van der Waals surface area contributed by atoms with Crippen LogP contribution in [-0.4, -0.2) is 15.5 Å². The molecule has 0 unspecified atom stereocenters. The van der Waals surface area contributed by atoms with Gasteiger partial charge in [-0.25, -0.2) is 4.98 Å². The first-order valence-corrected chi connectivity index (χ1v) is 8.18. The summed E-state index contributed by atoms with van der Waals surface area (Å²) in [7, 11) is 0. The number of aromatic nitrogens is 2. The number of amides is 1. The highest BCUT2D eigenvalue weighted by Gasteiger charge is 2.17. The monoisotopic (exact) mass is 355 g/mol. The maximum atomic E-state index is 12.4. The van der Waals surface area contributed by atoms with Crippen molar-refractivity contribution >= 4 is 38.3 Å². The minimum Gasteiger partial charge on any atom is -0.340 e. The molecule has 0 aliphatic rings. The minimum absolute atomic E-state index is 0.124. The molecule has 2 aromatic rings. The summed E-state index contributed by atoms with van der Waals surface area (Å²) in [6, 6.07) is 2.06. The lowest BCUT2D eigenvalue weighted by molar-refractivity contribution is 0.101. The van der Waals surface area contributed by atoms with E-state index in [4.69, 9.17) is 0 Å². The summed E-state index contributed by atoms with van der Waals surface area (Å²) in [6.45, 7) is 8.19. The Labute approximate surface area is 131 Å². The molecular formula is C14H18BrN3OS. The van der Waals surface area contributed by atoms with Gasteiger partial charge in [-0.15, -0.1) is 11.3 Å². The Hall–Kier alpha value is -1.14. The van der Waals surface area contributed by atoms with Gasteiger partial charge in [0.15, 0.2) is 5.13 Å². The lowest BCUT2D eigenvalue weighted by atomic mass is 10.3. The van der Waals surface area contributed by atoms with E-state index in [9.17, 15) is 4.79 Å². The van der Waals surface area contributed by atoms with Crippen LogP contribution in [0.15, 0.2) is 16.7 Å². The number of carbonyl (C=O) groups excluding carboxylic acids is 1. The van der Waals surface area contributed by atoms with Crippen LogP contribution in [0.1, 0.15) is 47.9 Å². The normalized spacial score (nSPS) is 11.1. The predicted molar refractivity (Wildman–Crippen MR) is 86.7 cm³/mol. The van der Waals surface area contributed by atoms with Gasteiger partial charge in [-0.05, 0) is 49.2 Å². The number of hydrogen-bond acceptors (Lipinski definition) is 3. The molecule has 6 heteroatoms. The number of nitrogens with zero attached hydrogens (tertiary/aromatic N) is 2. The molecule has 0 spiro atoms. The third-order valence-electron chi connectivity index (χ3n) is 3.05. The molecule has 2 rings (SSSR count). The van der Waals surface area contributed by atoms with Crippen LogP contribution in [0, 0.1) is 6.92 Å². The average Bonchev–Trinajstić information content (AvgIpc) is 2.92. The molecule has 0 aliphatic heterocycles. The smallest absolute Gasteiger partial charge is 0.274 e. The zero-order chi connectivity index (χ0) is 14.9. The molecule has 0 bridgehead atoms. The van der Waals surface area contributed by atoms with Gasteiger partial charge in [-0.2, -0.15) is 0 Å². The summed E-state index contributed by atoms with van der Waals surface area (Å²) in [5.41, 5.74) is 1.68. The van der Waals surface area contributed by atoms with Gasteiger partial charge < -0.3 is 4.57 Å². The topological polar surface area (TPSA) is 46.9 Å². The van der Waals surface area contributed by atoms with Gasteiger partial charge in [0.25, 0.3) is 5.91 Å². The summed E-state index contributed by atoms with van der Waals surface area (Å²) < 4.78 is 2.85. The van der Waals surface area contributed by atoms with E-state index in [2.05, 4.69) is 33.2 Å². The number of aryl methyl sites for hydroxylation is 2. The average molecular weight is 356 g/mol. The highest BCUT2D eigenvalue weighted by molar-refractivity contribution is 9.10. The van der Waals surface area contributed by atoms with Crippen molar-refractivity contribution in [3.05, 3.63) is 33.0 Å². The van der Waals surface area contributed by atoms with Crippen molar-refractivity contribution in [2.24, 2.45) is 0 Å². The maximum Gasteiger partial charge on any atom is 0.274 e.